The summed E-state index contributed by atoms with van der Waals surface area (Å²) >= 11 is 5.84. The first-order valence-corrected chi connectivity index (χ1v) is 7.09. The number of para-hydroxylation sites is 2. The highest BCUT2D eigenvalue weighted by molar-refractivity contribution is 6.30. The van der Waals surface area contributed by atoms with Gasteiger partial charge in [-0.05, 0) is 35.9 Å². The molecule has 3 rings (SSSR count). The van der Waals surface area contributed by atoms with Crippen molar-refractivity contribution >= 4 is 29.3 Å². The van der Waals surface area contributed by atoms with Crippen molar-refractivity contribution in [1.82, 2.24) is 0 Å². The van der Waals surface area contributed by atoms with Gasteiger partial charge in [0.25, 0.3) is 5.91 Å². The van der Waals surface area contributed by atoms with Gasteiger partial charge in [-0.3, -0.25) is 4.79 Å². The molecule has 0 N–H and O–H groups in total. The molecule has 2 aromatic rings. The van der Waals surface area contributed by atoms with Gasteiger partial charge in [-0.2, -0.15) is 0 Å². The minimum Gasteiger partial charge on any atom is -0.490 e. The lowest BCUT2D eigenvalue weighted by molar-refractivity contribution is -0.114. The second kappa shape index (κ2) is 6.02. The molecule has 106 valence electrons. The summed E-state index contributed by atoms with van der Waals surface area (Å²) < 4.78 is 5.55. The number of carbonyl (C=O) groups is 1. The Balaban J connectivity index is 1.79. The van der Waals surface area contributed by atoms with E-state index in [-0.39, 0.29) is 5.91 Å². The van der Waals surface area contributed by atoms with Gasteiger partial charge in [0.15, 0.2) is 0 Å². The third kappa shape index (κ3) is 3.09. The summed E-state index contributed by atoms with van der Waals surface area (Å²) in [4.78, 5) is 14.1. The standard InChI is InChI=1S/C17H14ClNO2/c18-14-8-5-13(6-9-14)7-10-17(20)19-11-12-21-16-4-2-1-3-15(16)19/h1-10H,11-12H2/b10-7+. The fraction of sp³-hybridized carbons (Fsp3) is 0.118. The normalized spacial score (nSPS) is 13.9. The van der Waals surface area contributed by atoms with E-state index in [1.807, 2.05) is 36.4 Å². The number of halogens is 1. The molecule has 1 aliphatic heterocycles. The number of nitrogens with zero attached hydrogens (tertiary/aromatic N) is 1. The Labute approximate surface area is 128 Å². The second-order valence-electron chi connectivity index (χ2n) is 4.69. The smallest absolute Gasteiger partial charge is 0.251 e. The molecule has 0 aliphatic carbocycles. The summed E-state index contributed by atoms with van der Waals surface area (Å²) in [6.45, 7) is 1.07. The average Bonchev–Trinajstić information content (AvgIpc) is 2.53. The van der Waals surface area contributed by atoms with Gasteiger partial charge in [-0.1, -0.05) is 35.9 Å². The van der Waals surface area contributed by atoms with Crippen LogP contribution in [-0.4, -0.2) is 19.1 Å². The van der Waals surface area contributed by atoms with E-state index in [1.54, 1.807) is 29.2 Å². The van der Waals surface area contributed by atoms with Crippen LogP contribution in [0.3, 0.4) is 0 Å². The molecule has 0 atom stereocenters. The highest BCUT2D eigenvalue weighted by Gasteiger charge is 2.21. The number of carbonyl (C=O) groups excluding carboxylic acids is 1. The first-order chi connectivity index (χ1) is 10.2. The quantitative estimate of drug-likeness (QED) is 0.790. The van der Waals surface area contributed by atoms with Crippen molar-refractivity contribution < 1.29 is 9.53 Å². The van der Waals surface area contributed by atoms with Gasteiger partial charge in [0.2, 0.25) is 0 Å². The molecule has 21 heavy (non-hydrogen) atoms. The molecule has 0 aromatic heterocycles. The number of hydrogen-bond acceptors (Lipinski definition) is 2. The molecule has 2 aromatic carbocycles. The van der Waals surface area contributed by atoms with Crippen LogP contribution >= 0.6 is 11.6 Å². The summed E-state index contributed by atoms with van der Waals surface area (Å²) in [5, 5.41) is 0.681. The van der Waals surface area contributed by atoms with Crippen molar-refractivity contribution in [2.75, 3.05) is 18.1 Å². The molecule has 1 aliphatic rings. The predicted molar refractivity (Wildman–Crippen MR) is 84.8 cm³/mol. The average molecular weight is 300 g/mol. The fourth-order valence-corrected chi connectivity index (χ4v) is 2.36. The Morgan fingerprint density at radius 3 is 2.71 bits per heavy atom. The van der Waals surface area contributed by atoms with E-state index in [0.717, 1.165) is 17.0 Å². The Morgan fingerprint density at radius 2 is 1.90 bits per heavy atom. The van der Waals surface area contributed by atoms with Crippen LogP contribution < -0.4 is 9.64 Å². The van der Waals surface area contributed by atoms with Crippen molar-refractivity contribution in [2.45, 2.75) is 0 Å². The van der Waals surface area contributed by atoms with E-state index in [1.165, 1.54) is 0 Å². The molecule has 3 nitrogen and oxygen atoms in total. The molecule has 0 saturated heterocycles. The minimum atomic E-state index is -0.0549. The molecule has 1 heterocycles. The SMILES string of the molecule is O=C(/C=C/c1ccc(Cl)cc1)N1CCOc2ccccc21. The monoisotopic (exact) mass is 299 g/mol. The molecular weight excluding hydrogens is 286 g/mol. The Morgan fingerprint density at radius 1 is 1.14 bits per heavy atom. The summed E-state index contributed by atoms with van der Waals surface area (Å²) in [6, 6.07) is 14.9. The van der Waals surface area contributed by atoms with Crippen molar-refractivity contribution in [1.29, 1.82) is 0 Å². The highest BCUT2D eigenvalue weighted by atomic mass is 35.5. The van der Waals surface area contributed by atoms with Crippen molar-refractivity contribution in [3.05, 3.63) is 65.2 Å². The molecule has 0 spiro atoms. The number of fused-ring (bicyclic) bond motifs is 1. The van der Waals surface area contributed by atoms with E-state index in [2.05, 4.69) is 0 Å². The lowest BCUT2D eigenvalue weighted by Crippen LogP contribution is -2.36. The van der Waals surface area contributed by atoms with Gasteiger partial charge in [0.05, 0.1) is 12.2 Å². The Hall–Kier alpha value is -2.26. The van der Waals surface area contributed by atoms with Gasteiger partial charge < -0.3 is 9.64 Å². The minimum absolute atomic E-state index is 0.0549. The maximum atomic E-state index is 12.4. The maximum Gasteiger partial charge on any atom is 0.251 e. The van der Waals surface area contributed by atoms with E-state index < -0.39 is 0 Å². The fourth-order valence-electron chi connectivity index (χ4n) is 2.23. The topological polar surface area (TPSA) is 29.5 Å². The first kappa shape index (κ1) is 13.7. The molecule has 0 fully saturated rings. The molecule has 0 bridgehead atoms. The Kier molecular flexibility index (Phi) is 3.93. The predicted octanol–water partition coefficient (Wildman–Crippen LogP) is 3.78. The van der Waals surface area contributed by atoms with Crippen LogP contribution in [0.15, 0.2) is 54.6 Å². The first-order valence-electron chi connectivity index (χ1n) is 6.71. The second-order valence-corrected chi connectivity index (χ2v) is 5.13. The molecular formula is C17H14ClNO2. The number of anilines is 1. The van der Waals surface area contributed by atoms with Crippen molar-refractivity contribution in [3.8, 4) is 5.75 Å². The molecule has 1 amide bonds. The molecule has 0 saturated carbocycles. The van der Waals surface area contributed by atoms with Crippen molar-refractivity contribution in [2.24, 2.45) is 0 Å². The summed E-state index contributed by atoms with van der Waals surface area (Å²) in [5.41, 5.74) is 1.75. The zero-order chi connectivity index (χ0) is 14.7. The zero-order valence-corrected chi connectivity index (χ0v) is 12.1. The van der Waals surface area contributed by atoms with Gasteiger partial charge >= 0.3 is 0 Å². The molecule has 0 unspecified atom stereocenters. The number of ether oxygens (including phenoxy) is 1. The lowest BCUT2D eigenvalue weighted by atomic mass is 10.2. The molecule has 4 heteroatoms. The summed E-state index contributed by atoms with van der Waals surface area (Å²) in [7, 11) is 0. The van der Waals surface area contributed by atoms with Crippen LogP contribution in [0.25, 0.3) is 6.08 Å². The van der Waals surface area contributed by atoms with Gasteiger partial charge in [-0.25, -0.2) is 0 Å². The van der Waals surface area contributed by atoms with Gasteiger partial charge in [0, 0.05) is 11.1 Å². The van der Waals surface area contributed by atoms with Crippen LogP contribution in [-0.2, 0) is 4.79 Å². The zero-order valence-electron chi connectivity index (χ0n) is 11.3. The Bertz CT molecular complexity index is 679. The van der Waals surface area contributed by atoms with Gasteiger partial charge in [0.1, 0.15) is 12.4 Å². The van der Waals surface area contributed by atoms with Gasteiger partial charge in [-0.15, -0.1) is 0 Å². The van der Waals surface area contributed by atoms with E-state index >= 15 is 0 Å². The van der Waals surface area contributed by atoms with Crippen molar-refractivity contribution in [3.63, 3.8) is 0 Å². The van der Waals surface area contributed by atoms with Crippen LogP contribution in [0.2, 0.25) is 5.02 Å². The molecule has 0 radical (unpaired) electrons. The lowest BCUT2D eigenvalue weighted by Gasteiger charge is -2.28. The number of benzene rings is 2. The highest BCUT2D eigenvalue weighted by Crippen LogP contribution is 2.31. The number of hydrogen-bond donors (Lipinski definition) is 0. The summed E-state index contributed by atoms with van der Waals surface area (Å²) in [6.07, 6.45) is 3.36. The van der Waals surface area contributed by atoms with Crippen LogP contribution in [0, 0.1) is 0 Å². The largest absolute Gasteiger partial charge is 0.490 e. The number of rotatable bonds is 2. The van der Waals surface area contributed by atoms with Crippen LogP contribution in [0.5, 0.6) is 5.75 Å². The maximum absolute atomic E-state index is 12.4. The third-order valence-corrected chi connectivity index (χ3v) is 3.53. The summed E-state index contributed by atoms with van der Waals surface area (Å²) in [5.74, 6) is 0.692. The third-order valence-electron chi connectivity index (χ3n) is 3.28. The van der Waals surface area contributed by atoms with Crippen LogP contribution in [0.1, 0.15) is 5.56 Å². The van der Waals surface area contributed by atoms with E-state index in [0.29, 0.717) is 18.2 Å². The van der Waals surface area contributed by atoms with E-state index in [4.69, 9.17) is 16.3 Å². The van der Waals surface area contributed by atoms with Crippen LogP contribution in [0.4, 0.5) is 5.69 Å². The number of amides is 1. The van der Waals surface area contributed by atoms with E-state index in [9.17, 15) is 4.79 Å².